The molecule has 0 spiro atoms. The number of imidazole rings is 1. The first-order valence-electron chi connectivity index (χ1n) is 8.79. The number of nitrogens with two attached hydrogens (primary N) is 1. The van der Waals surface area contributed by atoms with Gasteiger partial charge in [-0.25, -0.2) is 28.8 Å². The van der Waals surface area contributed by atoms with E-state index in [0.717, 1.165) is 0 Å². The van der Waals surface area contributed by atoms with E-state index in [-0.39, 0.29) is 24.8 Å². The number of hydrogen-bond acceptors (Lipinski definition) is 11. The van der Waals surface area contributed by atoms with Crippen molar-refractivity contribution in [2.45, 2.75) is 45.1 Å². The van der Waals surface area contributed by atoms with Crippen LogP contribution in [0.2, 0.25) is 0 Å². The zero-order valence-corrected chi connectivity index (χ0v) is 16.7. The molecule has 1 aliphatic heterocycles. The van der Waals surface area contributed by atoms with Crippen molar-refractivity contribution in [2.24, 2.45) is 0 Å². The van der Waals surface area contributed by atoms with Crippen molar-refractivity contribution >= 4 is 31.0 Å². The van der Waals surface area contributed by atoms with Crippen molar-refractivity contribution in [1.29, 1.82) is 0 Å². The molecule has 14 heteroatoms. The van der Waals surface area contributed by atoms with Gasteiger partial charge in [0, 0.05) is 0 Å². The zero-order chi connectivity index (χ0) is 21.0. The summed E-state index contributed by atoms with van der Waals surface area (Å²) >= 11 is 0. The minimum Gasteiger partial charge on any atom is -0.432 e. The van der Waals surface area contributed by atoms with Crippen LogP contribution in [0.5, 0.6) is 0 Å². The monoisotopic (exact) mass is 431 g/mol. The fourth-order valence-electron chi connectivity index (χ4n) is 2.68. The fourth-order valence-corrected chi connectivity index (χ4v) is 3.29. The predicted octanol–water partition coefficient (Wildman–Crippen LogP) is 1.74. The molecule has 3 heterocycles. The van der Waals surface area contributed by atoms with Gasteiger partial charge in [-0.2, -0.15) is 0 Å². The average molecular weight is 431 g/mol. The van der Waals surface area contributed by atoms with E-state index in [1.54, 1.807) is 24.7 Å². The second-order valence-corrected chi connectivity index (χ2v) is 7.90. The van der Waals surface area contributed by atoms with E-state index in [4.69, 9.17) is 19.7 Å². The number of anilines is 1. The van der Waals surface area contributed by atoms with E-state index in [2.05, 4.69) is 24.2 Å². The molecule has 3 N–H and O–H groups in total. The number of fused-ring (bicyclic) bond motifs is 1. The van der Waals surface area contributed by atoms with Crippen LogP contribution in [0.4, 0.5) is 10.6 Å². The summed E-state index contributed by atoms with van der Waals surface area (Å²) in [5, 5.41) is 0. The third-order valence-corrected chi connectivity index (χ3v) is 4.84. The number of ether oxygens (including phenoxy) is 3. The molecule has 3 rings (SSSR count). The quantitative estimate of drug-likeness (QED) is 0.353. The molecule has 0 aromatic carbocycles. The Morgan fingerprint density at radius 3 is 2.93 bits per heavy atom. The van der Waals surface area contributed by atoms with Gasteiger partial charge in [0.2, 0.25) is 6.79 Å². The van der Waals surface area contributed by atoms with E-state index < -0.39 is 26.9 Å². The van der Waals surface area contributed by atoms with Crippen LogP contribution in [0.3, 0.4) is 0 Å². The molecular weight excluding hydrogens is 409 g/mol. The minimum atomic E-state index is -4.43. The van der Waals surface area contributed by atoms with E-state index in [9.17, 15) is 14.3 Å². The Morgan fingerprint density at radius 1 is 1.38 bits per heavy atom. The standard InChI is InChI=1S/C15H22N5O8P/c1-9(2)27-15(21)24-8-26-29(22,23)25-5-10-3-4-11(28-10)20-7-19-12-13(16)17-6-18-14(12)20/h6-7,9-11H,3-5,8H2,1-2H3,(H,22,23)(H2,16,17,18). The smallest absolute Gasteiger partial charge is 0.432 e. The van der Waals surface area contributed by atoms with Crippen molar-refractivity contribution in [3.05, 3.63) is 12.7 Å². The van der Waals surface area contributed by atoms with Crippen molar-refractivity contribution in [3.8, 4) is 0 Å². The fraction of sp³-hybridized carbons (Fsp3) is 0.600. The third kappa shape index (κ3) is 5.61. The van der Waals surface area contributed by atoms with Crippen LogP contribution in [0.25, 0.3) is 11.2 Å². The highest BCUT2D eigenvalue weighted by molar-refractivity contribution is 7.47. The lowest BCUT2D eigenvalue weighted by atomic mass is 10.2. The molecule has 3 atom stereocenters. The summed E-state index contributed by atoms with van der Waals surface area (Å²) in [7, 11) is -4.43. The van der Waals surface area contributed by atoms with Crippen LogP contribution in [-0.4, -0.2) is 56.2 Å². The van der Waals surface area contributed by atoms with Gasteiger partial charge in [0.15, 0.2) is 11.5 Å². The maximum atomic E-state index is 11.9. The van der Waals surface area contributed by atoms with E-state index in [1.807, 2.05) is 0 Å². The summed E-state index contributed by atoms with van der Waals surface area (Å²) in [4.78, 5) is 33.1. The number of phosphoric acid groups is 1. The maximum absolute atomic E-state index is 11.9. The highest BCUT2D eigenvalue weighted by Gasteiger charge is 2.31. The van der Waals surface area contributed by atoms with Crippen molar-refractivity contribution in [3.63, 3.8) is 0 Å². The molecule has 0 bridgehead atoms. The molecule has 2 aromatic heterocycles. The maximum Gasteiger partial charge on any atom is 0.510 e. The zero-order valence-electron chi connectivity index (χ0n) is 15.8. The third-order valence-electron chi connectivity index (χ3n) is 3.93. The Bertz CT molecular complexity index is 906. The van der Waals surface area contributed by atoms with Gasteiger partial charge >= 0.3 is 14.0 Å². The molecule has 1 fully saturated rings. The number of carbonyl (C=O) groups excluding carboxylic acids is 1. The van der Waals surface area contributed by atoms with Crippen molar-refractivity contribution < 1.29 is 37.5 Å². The number of hydrogen-bond donors (Lipinski definition) is 2. The number of aromatic nitrogens is 4. The summed E-state index contributed by atoms with van der Waals surface area (Å²) in [6.45, 7) is 2.29. The lowest BCUT2D eigenvalue weighted by Crippen LogP contribution is -2.17. The highest BCUT2D eigenvalue weighted by atomic mass is 31.2. The second-order valence-electron chi connectivity index (χ2n) is 6.45. The van der Waals surface area contributed by atoms with Crippen molar-refractivity contribution in [2.75, 3.05) is 19.1 Å². The van der Waals surface area contributed by atoms with Gasteiger partial charge in [0.05, 0.1) is 25.1 Å². The van der Waals surface area contributed by atoms with Gasteiger partial charge in [-0.05, 0) is 26.7 Å². The predicted molar refractivity (Wildman–Crippen MR) is 97.3 cm³/mol. The average Bonchev–Trinajstić information content (AvgIpc) is 3.26. The van der Waals surface area contributed by atoms with Gasteiger partial charge in [-0.3, -0.25) is 9.09 Å². The Balaban J connectivity index is 1.46. The van der Waals surface area contributed by atoms with Crippen LogP contribution in [0, 0.1) is 0 Å². The normalized spacial score (nSPS) is 21.4. The highest BCUT2D eigenvalue weighted by Crippen LogP contribution is 2.44. The minimum absolute atomic E-state index is 0.190. The van der Waals surface area contributed by atoms with E-state index >= 15 is 0 Å². The number of rotatable bonds is 8. The molecule has 1 saturated heterocycles. The first-order valence-corrected chi connectivity index (χ1v) is 10.3. The SMILES string of the molecule is CC(C)OC(=O)OCOP(=O)(O)OCC1CCC(n2cnc3c(N)ncnc32)O1. The van der Waals surface area contributed by atoms with Gasteiger partial charge in [0.25, 0.3) is 0 Å². The molecule has 29 heavy (non-hydrogen) atoms. The Morgan fingerprint density at radius 2 is 2.17 bits per heavy atom. The van der Waals surface area contributed by atoms with Crippen LogP contribution >= 0.6 is 7.82 Å². The lowest BCUT2D eigenvalue weighted by molar-refractivity contribution is -0.0373. The van der Waals surface area contributed by atoms with Crippen LogP contribution in [-0.2, 0) is 27.8 Å². The molecule has 1 aliphatic rings. The summed E-state index contributed by atoms with van der Waals surface area (Å²) < 4.78 is 38.1. The molecule has 3 unspecified atom stereocenters. The number of nitrogen functional groups attached to an aromatic ring is 1. The molecular formula is C15H22N5O8P. The molecule has 0 saturated carbocycles. The van der Waals surface area contributed by atoms with E-state index in [1.165, 1.54) is 6.33 Å². The topological polar surface area (TPSA) is 170 Å². The summed E-state index contributed by atoms with van der Waals surface area (Å²) in [6, 6.07) is 0. The molecule has 0 aliphatic carbocycles. The summed E-state index contributed by atoms with van der Waals surface area (Å²) in [5.74, 6) is 0.268. The number of carbonyl (C=O) groups is 1. The largest absolute Gasteiger partial charge is 0.510 e. The Hall–Kier alpha value is -2.31. The summed E-state index contributed by atoms with van der Waals surface area (Å²) in [6.07, 6.45) is 1.85. The van der Waals surface area contributed by atoms with Gasteiger partial charge < -0.3 is 24.8 Å². The number of nitrogens with zero attached hydrogens (tertiary/aromatic N) is 4. The Labute approximate surface area is 165 Å². The molecule has 160 valence electrons. The second kappa shape index (κ2) is 9.01. The van der Waals surface area contributed by atoms with Gasteiger partial charge in [-0.15, -0.1) is 0 Å². The first-order chi connectivity index (χ1) is 13.7. The first kappa shape index (κ1) is 21.4. The molecule has 2 aromatic rings. The molecule has 0 amide bonds. The van der Waals surface area contributed by atoms with Crippen LogP contribution < -0.4 is 5.73 Å². The van der Waals surface area contributed by atoms with Crippen LogP contribution in [0.15, 0.2) is 12.7 Å². The summed E-state index contributed by atoms with van der Waals surface area (Å²) in [5.41, 5.74) is 6.78. The van der Waals surface area contributed by atoms with Gasteiger partial charge in [0.1, 0.15) is 18.1 Å². The number of phosphoric ester groups is 1. The van der Waals surface area contributed by atoms with Gasteiger partial charge in [-0.1, -0.05) is 0 Å². The lowest BCUT2D eigenvalue weighted by Gasteiger charge is -2.17. The molecule has 0 radical (unpaired) electrons. The van der Waals surface area contributed by atoms with Crippen LogP contribution in [0.1, 0.15) is 32.9 Å². The Kier molecular flexibility index (Phi) is 6.65. The molecule has 13 nitrogen and oxygen atoms in total. The van der Waals surface area contributed by atoms with E-state index in [0.29, 0.717) is 24.0 Å². The van der Waals surface area contributed by atoms with Crippen molar-refractivity contribution in [1.82, 2.24) is 19.5 Å².